The molecule has 6 nitrogen and oxygen atoms in total. The van der Waals surface area contributed by atoms with E-state index >= 15 is 0 Å². The summed E-state index contributed by atoms with van der Waals surface area (Å²) in [5, 5.41) is 6.75. The highest BCUT2D eigenvalue weighted by molar-refractivity contribution is 14.0. The highest BCUT2D eigenvalue weighted by Gasteiger charge is 2.42. The van der Waals surface area contributed by atoms with Crippen molar-refractivity contribution in [3.05, 3.63) is 29.8 Å². The summed E-state index contributed by atoms with van der Waals surface area (Å²) in [6.45, 7) is 1.44. The second kappa shape index (κ2) is 11.5. The molecular formula is C21H36IN5O. The zero-order chi connectivity index (χ0) is 19.9. The standard InChI is InChI=1S/C21H35N5O.HI/c1-22-20(23-15-12-17-8-10-18(11-9-17)25(2)3)24-16-21(13-6-7-14-21)19(27)26(4)5;/h8-11H,6-7,12-16H2,1-5H3,(H2,22,23,24);1H. The monoisotopic (exact) mass is 501 g/mol. The Labute approximate surface area is 187 Å². The van der Waals surface area contributed by atoms with Crippen LogP contribution in [0.2, 0.25) is 0 Å². The molecule has 0 unspecified atom stereocenters. The molecule has 2 N–H and O–H groups in total. The summed E-state index contributed by atoms with van der Waals surface area (Å²) >= 11 is 0. The number of guanidine groups is 1. The summed E-state index contributed by atoms with van der Waals surface area (Å²) < 4.78 is 0. The van der Waals surface area contributed by atoms with E-state index in [1.54, 1.807) is 11.9 Å². The van der Waals surface area contributed by atoms with Crippen LogP contribution in [0, 0.1) is 5.41 Å². The van der Waals surface area contributed by atoms with E-state index < -0.39 is 0 Å². The van der Waals surface area contributed by atoms with Gasteiger partial charge in [0.1, 0.15) is 0 Å². The van der Waals surface area contributed by atoms with Gasteiger partial charge >= 0.3 is 0 Å². The molecule has 28 heavy (non-hydrogen) atoms. The molecule has 0 aliphatic heterocycles. The Morgan fingerprint density at radius 3 is 2.18 bits per heavy atom. The lowest BCUT2D eigenvalue weighted by Crippen LogP contribution is -2.49. The van der Waals surface area contributed by atoms with Crippen LogP contribution in [0.5, 0.6) is 0 Å². The van der Waals surface area contributed by atoms with Gasteiger partial charge in [-0.3, -0.25) is 9.79 Å². The van der Waals surface area contributed by atoms with Gasteiger partial charge in [-0.05, 0) is 37.0 Å². The van der Waals surface area contributed by atoms with E-state index in [4.69, 9.17) is 0 Å². The average Bonchev–Trinajstić information content (AvgIpc) is 3.14. The molecule has 1 saturated carbocycles. The zero-order valence-electron chi connectivity index (χ0n) is 17.9. The van der Waals surface area contributed by atoms with E-state index in [1.807, 2.05) is 28.2 Å². The Hall–Kier alpha value is -1.51. The Morgan fingerprint density at radius 1 is 1.07 bits per heavy atom. The fraction of sp³-hybridized carbons (Fsp3) is 0.619. The summed E-state index contributed by atoms with van der Waals surface area (Å²) in [7, 11) is 9.55. The van der Waals surface area contributed by atoms with Crippen molar-refractivity contribution in [2.45, 2.75) is 32.1 Å². The van der Waals surface area contributed by atoms with Crippen molar-refractivity contribution in [3.8, 4) is 0 Å². The van der Waals surface area contributed by atoms with E-state index in [9.17, 15) is 4.79 Å². The molecule has 0 radical (unpaired) electrons. The first-order valence-corrected chi connectivity index (χ1v) is 9.80. The first kappa shape index (κ1) is 24.5. The molecule has 7 heteroatoms. The first-order valence-electron chi connectivity index (χ1n) is 9.80. The van der Waals surface area contributed by atoms with Gasteiger partial charge < -0.3 is 20.4 Å². The van der Waals surface area contributed by atoms with E-state index in [0.29, 0.717) is 6.54 Å². The lowest BCUT2D eigenvalue weighted by atomic mass is 9.84. The molecule has 0 atom stereocenters. The molecule has 1 aliphatic rings. The quantitative estimate of drug-likeness (QED) is 0.343. The minimum absolute atomic E-state index is 0. The van der Waals surface area contributed by atoms with Gasteiger partial charge in [-0.25, -0.2) is 0 Å². The summed E-state index contributed by atoms with van der Waals surface area (Å²) in [5.41, 5.74) is 2.21. The second-order valence-electron chi connectivity index (χ2n) is 7.85. The van der Waals surface area contributed by atoms with Crippen LogP contribution in [0.1, 0.15) is 31.2 Å². The molecule has 1 amide bonds. The van der Waals surface area contributed by atoms with Crippen LogP contribution in [0.15, 0.2) is 29.3 Å². The van der Waals surface area contributed by atoms with Crippen molar-refractivity contribution in [2.24, 2.45) is 10.4 Å². The third kappa shape index (κ3) is 6.53. The third-order valence-electron chi connectivity index (χ3n) is 5.40. The van der Waals surface area contributed by atoms with Gasteiger partial charge in [0.15, 0.2) is 5.96 Å². The van der Waals surface area contributed by atoms with Crippen molar-refractivity contribution in [1.82, 2.24) is 15.5 Å². The normalized spacial score (nSPS) is 15.5. The number of aliphatic imine (C=N–C) groups is 1. The predicted molar refractivity (Wildman–Crippen MR) is 129 cm³/mol. The molecule has 0 aromatic heterocycles. The number of hydrogen-bond donors (Lipinski definition) is 2. The van der Waals surface area contributed by atoms with E-state index in [1.165, 1.54) is 11.3 Å². The van der Waals surface area contributed by atoms with Gasteiger partial charge in [0, 0.05) is 54.0 Å². The molecule has 1 aromatic carbocycles. The van der Waals surface area contributed by atoms with E-state index in [-0.39, 0.29) is 35.3 Å². The molecule has 0 spiro atoms. The fourth-order valence-electron chi connectivity index (χ4n) is 3.75. The fourth-order valence-corrected chi connectivity index (χ4v) is 3.75. The zero-order valence-corrected chi connectivity index (χ0v) is 20.2. The highest BCUT2D eigenvalue weighted by Crippen LogP contribution is 2.38. The van der Waals surface area contributed by atoms with E-state index in [0.717, 1.165) is 44.6 Å². The van der Waals surface area contributed by atoms with Gasteiger partial charge in [0.25, 0.3) is 0 Å². The number of benzene rings is 1. The van der Waals surface area contributed by atoms with Gasteiger partial charge in [-0.2, -0.15) is 0 Å². The second-order valence-corrected chi connectivity index (χ2v) is 7.85. The Kier molecular flexibility index (Phi) is 10.1. The summed E-state index contributed by atoms with van der Waals surface area (Å²) in [5.74, 6) is 0.988. The largest absolute Gasteiger partial charge is 0.378 e. The first-order chi connectivity index (χ1) is 12.9. The number of nitrogens with one attached hydrogen (secondary N) is 2. The van der Waals surface area contributed by atoms with Crippen molar-refractivity contribution in [3.63, 3.8) is 0 Å². The van der Waals surface area contributed by atoms with Gasteiger partial charge in [0.05, 0.1) is 5.41 Å². The molecule has 0 bridgehead atoms. The molecule has 1 aromatic rings. The molecule has 0 heterocycles. The average molecular weight is 501 g/mol. The number of nitrogens with zero attached hydrogens (tertiary/aromatic N) is 3. The van der Waals surface area contributed by atoms with Crippen LogP contribution in [-0.4, -0.2) is 65.1 Å². The maximum atomic E-state index is 12.7. The summed E-state index contributed by atoms with van der Waals surface area (Å²) in [6, 6.07) is 8.60. The Morgan fingerprint density at radius 2 is 1.68 bits per heavy atom. The number of carbonyl (C=O) groups excluding carboxylic acids is 1. The summed E-state index contributed by atoms with van der Waals surface area (Å²) in [4.78, 5) is 20.8. The number of amides is 1. The Balaban J connectivity index is 0.00000392. The number of rotatable bonds is 7. The SMILES string of the molecule is CN=C(NCCc1ccc(N(C)C)cc1)NCC1(C(=O)N(C)C)CCCC1.I. The van der Waals surface area contributed by atoms with Gasteiger partial charge in [-0.15, -0.1) is 24.0 Å². The lowest BCUT2D eigenvalue weighted by molar-refractivity contribution is -0.138. The van der Waals surface area contributed by atoms with Crippen LogP contribution in [0.25, 0.3) is 0 Å². The van der Waals surface area contributed by atoms with Crippen LogP contribution in [0.3, 0.4) is 0 Å². The molecule has 0 saturated heterocycles. The van der Waals surface area contributed by atoms with Crippen molar-refractivity contribution < 1.29 is 4.79 Å². The number of anilines is 1. The number of carbonyl (C=O) groups is 1. The molecule has 1 aliphatic carbocycles. The number of hydrogen-bond acceptors (Lipinski definition) is 3. The highest BCUT2D eigenvalue weighted by atomic mass is 127. The minimum atomic E-state index is -0.289. The van der Waals surface area contributed by atoms with Crippen LogP contribution in [-0.2, 0) is 11.2 Å². The van der Waals surface area contributed by atoms with Gasteiger partial charge in [0.2, 0.25) is 5.91 Å². The maximum Gasteiger partial charge on any atom is 0.230 e. The van der Waals surface area contributed by atoms with Crippen LogP contribution in [0.4, 0.5) is 5.69 Å². The molecule has 2 rings (SSSR count). The lowest BCUT2D eigenvalue weighted by Gasteiger charge is -2.31. The smallest absolute Gasteiger partial charge is 0.230 e. The van der Waals surface area contributed by atoms with Crippen LogP contribution >= 0.6 is 24.0 Å². The van der Waals surface area contributed by atoms with Crippen LogP contribution < -0.4 is 15.5 Å². The summed E-state index contributed by atoms with van der Waals surface area (Å²) in [6.07, 6.45) is 5.07. The maximum absolute atomic E-state index is 12.7. The number of halogens is 1. The Bertz CT molecular complexity index is 637. The van der Waals surface area contributed by atoms with Gasteiger partial charge in [-0.1, -0.05) is 25.0 Å². The van der Waals surface area contributed by atoms with Crippen molar-refractivity contribution >= 4 is 41.5 Å². The minimum Gasteiger partial charge on any atom is -0.378 e. The third-order valence-corrected chi connectivity index (χ3v) is 5.40. The van der Waals surface area contributed by atoms with Crippen molar-refractivity contribution in [2.75, 3.05) is 53.2 Å². The topological polar surface area (TPSA) is 60.0 Å². The van der Waals surface area contributed by atoms with E-state index in [2.05, 4.69) is 44.8 Å². The van der Waals surface area contributed by atoms with Crippen molar-refractivity contribution in [1.29, 1.82) is 0 Å². The molecule has 158 valence electrons. The molecular weight excluding hydrogens is 465 g/mol. The predicted octanol–water partition coefficient (Wildman–Crippen LogP) is 2.73. The molecule has 1 fully saturated rings.